The smallest absolute Gasteiger partial charge is 0.321 e. The van der Waals surface area contributed by atoms with E-state index < -0.39 is 0 Å². The number of carbonyl (C=O) groups is 1. The van der Waals surface area contributed by atoms with E-state index in [0.29, 0.717) is 26.2 Å². The van der Waals surface area contributed by atoms with Crippen LogP contribution in [0.25, 0.3) is 21.5 Å². The van der Waals surface area contributed by atoms with Crippen molar-refractivity contribution in [3.05, 3.63) is 60.4 Å². The highest BCUT2D eigenvalue weighted by atomic mass is 32.1. The van der Waals surface area contributed by atoms with E-state index in [9.17, 15) is 4.79 Å². The van der Waals surface area contributed by atoms with Crippen molar-refractivity contribution >= 4 is 39.3 Å². The number of rotatable bonds is 4. The van der Waals surface area contributed by atoms with E-state index >= 15 is 0 Å². The predicted octanol–water partition coefficient (Wildman–Crippen LogP) is 4.42. The fourth-order valence-corrected chi connectivity index (χ4v) is 4.75. The van der Waals surface area contributed by atoms with Crippen molar-refractivity contribution in [2.24, 2.45) is 0 Å². The van der Waals surface area contributed by atoms with Crippen molar-refractivity contribution in [3.8, 4) is 17.0 Å². The standard InChI is InChI=1S/C24H24N6O2S/c1-16-3-7-18(8-4-16)27-24(31)30-13-11-29(12-14-30)23-22-21(25-15-26-23)20(28-33-22)17-5-9-19(32-2)10-6-17/h3-10,15H,11-14H2,1-2H3,(H,27,31). The Morgan fingerprint density at radius 2 is 1.73 bits per heavy atom. The van der Waals surface area contributed by atoms with Gasteiger partial charge >= 0.3 is 6.03 Å². The molecule has 0 spiro atoms. The van der Waals surface area contributed by atoms with E-state index in [2.05, 4.69) is 24.6 Å². The van der Waals surface area contributed by atoms with Gasteiger partial charge in [0.25, 0.3) is 0 Å². The van der Waals surface area contributed by atoms with E-state index in [1.54, 1.807) is 13.4 Å². The van der Waals surface area contributed by atoms with Gasteiger partial charge in [-0.25, -0.2) is 14.8 Å². The summed E-state index contributed by atoms with van der Waals surface area (Å²) in [7, 11) is 1.65. The normalized spacial score (nSPS) is 13.9. The number of aryl methyl sites for hydroxylation is 1. The van der Waals surface area contributed by atoms with Gasteiger partial charge in [-0.3, -0.25) is 0 Å². The molecule has 9 heteroatoms. The largest absolute Gasteiger partial charge is 0.497 e. The van der Waals surface area contributed by atoms with Crippen LogP contribution in [0.2, 0.25) is 0 Å². The molecular formula is C24H24N6O2S. The monoisotopic (exact) mass is 460 g/mol. The van der Waals surface area contributed by atoms with Gasteiger partial charge in [0.15, 0.2) is 5.82 Å². The van der Waals surface area contributed by atoms with Gasteiger partial charge in [-0.1, -0.05) is 17.7 Å². The summed E-state index contributed by atoms with van der Waals surface area (Å²) < 4.78 is 10.9. The zero-order chi connectivity index (χ0) is 22.8. The van der Waals surface area contributed by atoms with Crippen LogP contribution >= 0.6 is 11.5 Å². The summed E-state index contributed by atoms with van der Waals surface area (Å²) in [5.41, 5.74) is 4.65. The number of aromatic nitrogens is 3. The van der Waals surface area contributed by atoms with Crippen molar-refractivity contribution in [1.29, 1.82) is 0 Å². The van der Waals surface area contributed by atoms with E-state index in [4.69, 9.17) is 4.74 Å². The van der Waals surface area contributed by atoms with Crippen molar-refractivity contribution in [2.75, 3.05) is 43.5 Å². The Morgan fingerprint density at radius 1 is 1.00 bits per heavy atom. The Bertz CT molecular complexity index is 1260. The molecule has 0 bridgehead atoms. The Labute approximate surface area is 196 Å². The highest BCUT2D eigenvalue weighted by molar-refractivity contribution is 7.14. The third-order valence-corrected chi connectivity index (χ3v) is 6.60. The van der Waals surface area contributed by atoms with Crippen molar-refractivity contribution in [1.82, 2.24) is 19.2 Å². The van der Waals surface area contributed by atoms with Gasteiger partial charge in [0.05, 0.1) is 7.11 Å². The number of ether oxygens (including phenoxy) is 1. The molecule has 8 nitrogen and oxygen atoms in total. The zero-order valence-electron chi connectivity index (χ0n) is 18.5. The number of urea groups is 1. The Balaban J connectivity index is 1.30. The first kappa shape index (κ1) is 21.1. The van der Waals surface area contributed by atoms with Crippen LogP contribution in [0.5, 0.6) is 5.75 Å². The van der Waals surface area contributed by atoms with Crippen LogP contribution in [0.4, 0.5) is 16.3 Å². The first-order chi connectivity index (χ1) is 16.1. The number of methoxy groups -OCH3 is 1. The topological polar surface area (TPSA) is 83.5 Å². The molecule has 4 aromatic rings. The van der Waals surface area contributed by atoms with Gasteiger partial charge in [0.1, 0.15) is 28.0 Å². The Morgan fingerprint density at radius 3 is 2.42 bits per heavy atom. The molecular weight excluding hydrogens is 436 g/mol. The van der Waals surface area contributed by atoms with Crippen molar-refractivity contribution in [2.45, 2.75) is 6.92 Å². The van der Waals surface area contributed by atoms with Crippen molar-refractivity contribution < 1.29 is 9.53 Å². The third-order valence-electron chi connectivity index (χ3n) is 5.77. The second-order valence-electron chi connectivity index (χ2n) is 7.90. The van der Waals surface area contributed by atoms with Crippen LogP contribution < -0.4 is 15.0 Å². The molecule has 1 fully saturated rings. The summed E-state index contributed by atoms with van der Waals surface area (Å²) in [5, 5.41) is 2.98. The van der Waals surface area contributed by atoms with Crippen LogP contribution in [0.3, 0.4) is 0 Å². The van der Waals surface area contributed by atoms with Gasteiger partial charge in [0, 0.05) is 37.4 Å². The van der Waals surface area contributed by atoms with Crippen LogP contribution in [-0.2, 0) is 0 Å². The zero-order valence-corrected chi connectivity index (χ0v) is 19.3. The van der Waals surface area contributed by atoms with Crippen molar-refractivity contribution in [3.63, 3.8) is 0 Å². The number of anilines is 2. The molecule has 2 amide bonds. The fourth-order valence-electron chi connectivity index (χ4n) is 3.88. The number of hydrogen-bond donors (Lipinski definition) is 1. The Hall–Kier alpha value is -3.72. The van der Waals surface area contributed by atoms with E-state index in [0.717, 1.165) is 44.3 Å². The lowest BCUT2D eigenvalue weighted by Gasteiger charge is -2.35. The maximum atomic E-state index is 12.7. The highest BCUT2D eigenvalue weighted by Crippen LogP contribution is 2.35. The fraction of sp³-hybridized carbons (Fsp3) is 0.250. The lowest BCUT2D eigenvalue weighted by atomic mass is 10.1. The number of fused-ring (bicyclic) bond motifs is 1. The summed E-state index contributed by atoms with van der Waals surface area (Å²) in [6.07, 6.45) is 1.59. The summed E-state index contributed by atoms with van der Waals surface area (Å²) in [6, 6.07) is 15.6. The number of nitrogens with zero attached hydrogens (tertiary/aromatic N) is 5. The molecule has 33 heavy (non-hydrogen) atoms. The molecule has 0 saturated carbocycles. The second-order valence-corrected chi connectivity index (χ2v) is 8.68. The van der Waals surface area contributed by atoms with Crippen LogP contribution in [0.1, 0.15) is 5.56 Å². The maximum Gasteiger partial charge on any atom is 0.321 e. The molecule has 2 aromatic carbocycles. The lowest BCUT2D eigenvalue weighted by molar-refractivity contribution is 0.208. The van der Waals surface area contributed by atoms with E-state index in [-0.39, 0.29) is 6.03 Å². The number of amides is 2. The molecule has 1 saturated heterocycles. The molecule has 1 N–H and O–H groups in total. The number of piperazine rings is 1. The summed E-state index contributed by atoms with van der Waals surface area (Å²) in [4.78, 5) is 25.8. The molecule has 5 rings (SSSR count). The third kappa shape index (κ3) is 4.31. The SMILES string of the molecule is COc1ccc(-c2nsc3c(N4CCN(C(=O)Nc5ccc(C)cc5)CC4)ncnc23)cc1. The van der Waals surface area contributed by atoms with Gasteiger partial charge in [-0.05, 0) is 54.9 Å². The second kappa shape index (κ2) is 9.03. The quantitative estimate of drug-likeness (QED) is 0.485. The minimum Gasteiger partial charge on any atom is -0.497 e. The number of nitrogens with one attached hydrogen (secondary N) is 1. The number of hydrogen-bond acceptors (Lipinski definition) is 7. The average Bonchev–Trinajstić information content (AvgIpc) is 3.30. The Kier molecular flexibility index (Phi) is 5.78. The van der Waals surface area contributed by atoms with Gasteiger partial charge in [0.2, 0.25) is 0 Å². The van der Waals surface area contributed by atoms with Crippen LogP contribution in [0.15, 0.2) is 54.9 Å². The molecule has 0 unspecified atom stereocenters. The summed E-state index contributed by atoms with van der Waals surface area (Å²) in [6.45, 7) is 4.66. The summed E-state index contributed by atoms with van der Waals surface area (Å²) >= 11 is 1.41. The van der Waals surface area contributed by atoms with Gasteiger partial charge in [-0.15, -0.1) is 0 Å². The molecule has 168 valence electrons. The molecule has 0 aliphatic carbocycles. The molecule has 2 aromatic heterocycles. The lowest BCUT2D eigenvalue weighted by Crippen LogP contribution is -2.50. The van der Waals surface area contributed by atoms with E-state index in [1.807, 2.05) is 60.4 Å². The first-order valence-electron chi connectivity index (χ1n) is 10.7. The molecule has 0 radical (unpaired) electrons. The molecule has 1 aliphatic rings. The first-order valence-corrected chi connectivity index (χ1v) is 11.5. The highest BCUT2D eigenvalue weighted by Gasteiger charge is 2.25. The minimum absolute atomic E-state index is 0.0779. The molecule has 0 atom stereocenters. The maximum absolute atomic E-state index is 12.7. The molecule has 3 heterocycles. The van der Waals surface area contributed by atoms with Gasteiger partial charge < -0.3 is 19.9 Å². The van der Waals surface area contributed by atoms with Crippen LogP contribution in [-0.4, -0.2) is 58.6 Å². The molecule has 1 aliphatic heterocycles. The van der Waals surface area contributed by atoms with Gasteiger partial charge in [-0.2, -0.15) is 4.37 Å². The number of carbonyl (C=O) groups excluding carboxylic acids is 1. The van der Waals surface area contributed by atoms with E-state index in [1.165, 1.54) is 11.5 Å². The van der Waals surface area contributed by atoms with Crippen LogP contribution in [0, 0.1) is 6.92 Å². The predicted molar refractivity (Wildman–Crippen MR) is 131 cm³/mol. The number of benzene rings is 2. The minimum atomic E-state index is -0.0779. The summed E-state index contributed by atoms with van der Waals surface area (Å²) in [5.74, 6) is 1.67. The average molecular weight is 461 g/mol.